The number of aliphatic imine (C=N–C) groups is 1. The van der Waals surface area contributed by atoms with Gasteiger partial charge in [0.05, 0.1) is 24.0 Å². The standard InChI is InChI=1S/C44H54N6O4/c1-43(2,3)53-41(51)49-19-9-10-38(49)36-23-35(24-45-36)34-18-17-32-21-31(15-16-33(32)22-34)29-11-13-30(14-12-29)37-25-46-40(47-37)39-20-28(26-48(7)8)27-50(39)42(52)54-44(4,5)6/h11-18,21-22,24-25,28,38-39H,9-10,19-20,23,26-27H2,1-8H3,(H,46,47)/t28-,38+,39+/m1/s1. The van der Waals surface area contributed by atoms with Crippen LogP contribution in [0.4, 0.5) is 9.59 Å². The minimum atomic E-state index is -0.566. The summed E-state index contributed by atoms with van der Waals surface area (Å²) in [6.45, 7) is 13.6. The van der Waals surface area contributed by atoms with Crippen LogP contribution in [-0.4, -0.2) is 93.5 Å². The fourth-order valence-electron chi connectivity index (χ4n) is 7.95. The highest BCUT2D eigenvalue weighted by Gasteiger charge is 2.40. The van der Waals surface area contributed by atoms with Crippen LogP contribution in [0.1, 0.15) is 84.7 Å². The molecule has 2 saturated heterocycles. The summed E-state index contributed by atoms with van der Waals surface area (Å²) in [6, 6.07) is 21.5. The summed E-state index contributed by atoms with van der Waals surface area (Å²) >= 11 is 0. The molecular weight excluding hydrogens is 677 g/mol. The van der Waals surface area contributed by atoms with Crippen LogP contribution < -0.4 is 0 Å². The molecule has 2 fully saturated rings. The van der Waals surface area contributed by atoms with E-state index in [4.69, 9.17) is 19.5 Å². The molecule has 0 bridgehead atoms. The average molecular weight is 731 g/mol. The molecule has 3 atom stereocenters. The maximum Gasteiger partial charge on any atom is 0.410 e. The summed E-state index contributed by atoms with van der Waals surface area (Å²) in [5.41, 5.74) is 6.50. The quantitative estimate of drug-likeness (QED) is 0.203. The molecule has 54 heavy (non-hydrogen) atoms. The zero-order valence-corrected chi connectivity index (χ0v) is 33.0. The molecule has 10 heteroatoms. The van der Waals surface area contributed by atoms with Crippen LogP contribution in [0.3, 0.4) is 0 Å². The normalized spacial score (nSPS) is 20.5. The van der Waals surface area contributed by atoms with Crippen LogP contribution >= 0.6 is 0 Å². The highest BCUT2D eigenvalue weighted by atomic mass is 16.6. The first-order valence-corrected chi connectivity index (χ1v) is 19.2. The Morgan fingerprint density at radius 3 is 2.09 bits per heavy atom. The monoisotopic (exact) mass is 730 g/mol. The van der Waals surface area contributed by atoms with Crippen molar-refractivity contribution in [3.05, 3.63) is 84.4 Å². The molecule has 0 aliphatic carbocycles. The molecule has 284 valence electrons. The number of benzene rings is 3. The fourth-order valence-corrected chi connectivity index (χ4v) is 7.95. The predicted octanol–water partition coefficient (Wildman–Crippen LogP) is 9.34. The van der Waals surface area contributed by atoms with Gasteiger partial charge in [-0.05, 0) is 132 Å². The number of aromatic amines is 1. The zero-order chi connectivity index (χ0) is 38.4. The van der Waals surface area contributed by atoms with Crippen molar-refractivity contribution >= 4 is 34.2 Å². The molecule has 0 unspecified atom stereocenters. The minimum Gasteiger partial charge on any atom is -0.444 e. The summed E-state index contributed by atoms with van der Waals surface area (Å²) in [5, 5.41) is 2.34. The molecule has 0 spiro atoms. The van der Waals surface area contributed by atoms with Crippen molar-refractivity contribution < 1.29 is 19.1 Å². The number of fused-ring (bicyclic) bond motifs is 1. The number of nitrogens with zero attached hydrogens (tertiary/aromatic N) is 5. The molecular formula is C44H54N6O4. The third-order valence-corrected chi connectivity index (χ3v) is 10.3. The minimum absolute atomic E-state index is 0.0130. The fraction of sp³-hybridized carbons (Fsp3) is 0.455. The van der Waals surface area contributed by atoms with Crippen molar-refractivity contribution in [2.45, 2.75) is 90.5 Å². The maximum atomic E-state index is 13.2. The lowest BCUT2D eigenvalue weighted by Crippen LogP contribution is -2.43. The van der Waals surface area contributed by atoms with Crippen molar-refractivity contribution in [2.75, 3.05) is 33.7 Å². The van der Waals surface area contributed by atoms with Gasteiger partial charge in [-0.1, -0.05) is 48.5 Å². The van der Waals surface area contributed by atoms with E-state index in [2.05, 4.69) is 84.6 Å². The number of hydrogen-bond donors (Lipinski definition) is 1. The molecule has 3 aromatic carbocycles. The number of allylic oxidation sites excluding steroid dienone is 1. The van der Waals surface area contributed by atoms with E-state index in [0.717, 1.165) is 71.7 Å². The number of hydrogen-bond acceptors (Lipinski definition) is 7. The number of likely N-dealkylation sites (tertiary alicyclic amines) is 2. The Morgan fingerprint density at radius 2 is 1.43 bits per heavy atom. The molecule has 10 nitrogen and oxygen atoms in total. The molecule has 0 radical (unpaired) electrons. The number of H-pyrrole nitrogens is 1. The van der Waals surface area contributed by atoms with Gasteiger partial charge < -0.3 is 19.4 Å². The van der Waals surface area contributed by atoms with Crippen molar-refractivity contribution in [1.29, 1.82) is 0 Å². The van der Waals surface area contributed by atoms with Gasteiger partial charge in [-0.15, -0.1) is 0 Å². The van der Waals surface area contributed by atoms with E-state index in [1.165, 1.54) is 16.3 Å². The third kappa shape index (κ3) is 8.39. The number of ether oxygens (including phenoxy) is 2. The third-order valence-electron chi connectivity index (χ3n) is 10.3. The summed E-state index contributed by atoms with van der Waals surface area (Å²) < 4.78 is 11.5. The Labute approximate surface area is 319 Å². The Bertz CT molecular complexity index is 2080. The predicted molar refractivity (Wildman–Crippen MR) is 215 cm³/mol. The van der Waals surface area contributed by atoms with Gasteiger partial charge in [0, 0.05) is 38.0 Å². The number of aromatic nitrogens is 2. The second-order valence-electron chi connectivity index (χ2n) is 17.3. The van der Waals surface area contributed by atoms with Gasteiger partial charge >= 0.3 is 12.2 Å². The van der Waals surface area contributed by atoms with E-state index in [1.54, 1.807) is 0 Å². The Kier molecular flexibility index (Phi) is 10.2. The van der Waals surface area contributed by atoms with Crippen molar-refractivity contribution in [3.63, 3.8) is 0 Å². The van der Waals surface area contributed by atoms with E-state index >= 15 is 0 Å². The van der Waals surface area contributed by atoms with Gasteiger partial charge in [0.15, 0.2) is 0 Å². The Balaban J connectivity index is 1.02. The zero-order valence-electron chi connectivity index (χ0n) is 33.0. The van der Waals surface area contributed by atoms with Gasteiger partial charge in [-0.3, -0.25) is 14.8 Å². The van der Waals surface area contributed by atoms with Crippen LogP contribution in [-0.2, 0) is 9.47 Å². The Morgan fingerprint density at radius 1 is 0.815 bits per heavy atom. The van der Waals surface area contributed by atoms with Gasteiger partial charge in [0.2, 0.25) is 0 Å². The number of carbonyl (C=O) groups excluding carboxylic acids is 2. The summed E-state index contributed by atoms with van der Waals surface area (Å²) in [6.07, 6.45) is 6.71. The summed E-state index contributed by atoms with van der Waals surface area (Å²) in [4.78, 5) is 45.1. The van der Waals surface area contributed by atoms with Crippen molar-refractivity contribution in [3.8, 4) is 22.4 Å². The van der Waals surface area contributed by atoms with Gasteiger partial charge in [-0.25, -0.2) is 14.6 Å². The van der Waals surface area contributed by atoms with Gasteiger partial charge in [0.25, 0.3) is 0 Å². The molecule has 1 N–H and O–H groups in total. The number of carbonyl (C=O) groups is 2. The van der Waals surface area contributed by atoms with Crippen LogP contribution in [0, 0.1) is 5.92 Å². The van der Waals surface area contributed by atoms with Gasteiger partial charge in [-0.2, -0.15) is 0 Å². The summed E-state index contributed by atoms with van der Waals surface area (Å²) in [7, 11) is 4.13. The van der Waals surface area contributed by atoms with Gasteiger partial charge in [0.1, 0.15) is 17.0 Å². The lowest BCUT2D eigenvalue weighted by molar-refractivity contribution is 0.0210. The van der Waals surface area contributed by atoms with E-state index in [0.29, 0.717) is 19.0 Å². The second kappa shape index (κ2) is 14.7. The number of rotatable bonds is 7. The Hall–Kier alpha value is -4.96. The first-order chi connectivity index (χ1) is 25.6. The molecule has 3 aliphatic heterocycles. The van der Waals surface area contributed by atoms with Crippen LogP contribution in [0.5, 0.6) is 0 Å². The molecule has 2 amide bonds. The molecule has 4 aromatic rings. The largest absolute Gasteiger partial charge is 0.444 e. The molecule has 1 aromatic heterocycles. The second-order valence-corrected chi connectivity index (χ2v) is 17.3. The lowest BCUT2D eigenvalue weighted by atomic mass is 9.95. The molecule has 3 aliphatic rings. The van der Waals surface area contributed by atoms with E-state index < -0.39 is 11.2 Å². The topological polar surface area (TPSA) is 103 Å². The molecule has 7 rings (SSSR count). The number of nitrogens with one attached hydrogen (secondary N) is 1. The highest BCUT2D eigenvalue weighted by molar-refractivity contribution is 6.03. The first-order valence-electron chi connectivity index (χ1n) is 19.2. The average Bonchev–Trinajstić information content (AvgIpc) is 3.92. The summed E-state index contributed by atoms with van der Waals surface area (Å²) in [5.74, 6) is 1.12. The first kappa shape index (κ1) is 37.4. The van der Waals surface area contributed by atoms with E-state index in [1.807, 2.05) is 63.7 Å². The van der Waals surface area contributed by atoms with Crippen LogP contribution in [0.2, 0.25) is 0 Å². The molecule has 4 heterocycles. The van der Waals surface area contributed by atoms with E-state index in [9.17, 15) is 9.59 Å². The smallest absolute Gasteiger partial charge is 0.410 e. The highest BCUT2D eigenvalue weighted by Crippen LogP contribution is 2.37. The van der Waals surface area contributed by atoms with Crippen LogP contribution in [0.25, 0.3) is 38.7 Å². The van der Waals surface area contributed by atoms with Crippen molar-refractivity contribution in [2.24, 2.45) is 10.9 Å². The number of amides is 2. The SMILES string of the molecule is CN(C)C[C@H]1C[C@@H](c2ncc(-c3ccc(-c4ccc5cc(C6=CN=C([C@@H]7CCCN7C(=O)OC(C)(C)C)C6)ccc5c4)cc3)[nH]2)N(C(=O)OC(C)(C)C)C1. The van der Waals surface area contributed by atoms with E-state index in [-0.39, 0.29) is 24.3 Å². The molecule has 0 saturated carbocycles. The van der Waals surface area contributed by atoms with Crippen LogP contribution in [0.15, 0.2) is 78.1 Å². The van der Waals surface area contributed by atoms with Crippen molar-refractivity contribution in [1.82, 2.24) is 24.7 Å². The maximum absolute atomic E-state index is 13.2. The lowest BCUT2D eigenvalue weighted by Gasteiger charge is -2.28. The number of imidazole rings is 1.